The molecule has 0 aliphatic heterocycles. The molecule has 4 rings (SSSR count). The Kier molecular flexibility index (Phi) is 3.39. The van der Waals surface area contributed by atoms with Crippen LogP contribution in [0.15, 0.2) is 38.5 Å². The van der Waals surface area contributed by atoms with Crippen molar-refractivity contribution >= 4 is 33.9 Å². The molecule has 0 aromatic carbocycles. The van der Waals surface area contributed by atoms with E-state index < -0.39 is 4.92 Å². The molecule has 0 amide bonds. The van der Waals surface area contributed by atoms with Gasteiger partial charge in [-0.25, -0.2) is 0 Å². The average Bonchev–Trinajstić information content (AvgIpc) is 3.26. The van der Waals surface area contributed by atoms with Crippen LogP contribution in [0.25, 0.3) is 16.3 Å². The molecular weight excluding hydrogens is 352 g/mol. The molecule has 9 nitrogen and oxygen atoms in total. The van der Waals surface area contributed by atoms with Crippen LogP contribution in [-0.4, -0.2) is 29.1 Å². The molecule has 0 aliphatic rings. The molecule has 11 heteroatoms. The Balaban J connectivity index is 1.76. The molecule has 4 heterocycles. The summed E-state index contributed by atoms with van der Waals surface area (Å²) in [6, 6.07) is 1.81. The number of aromatic nitrogens is 5. The van der Waals surface area contributed by atoms with E-state index in [0.717, 1.165) is 23.1 Å². The molecule has 4 aromatic heterocycles. The Labute approximate surface area is 143 Å². The number of nitro groups is 1. The summed E-state index contributed by atoms with van der Waals surface area (Å²) >= 11 is 2.45. The van der Waals surface area contributed by atoms with Crippen molar-refractivity contribution in [3.8, 4) is 11.4 Å². The van der Waals surface area contributed by atoms with Crippen molar-refractivity contribution in [2.75, 3.05) is 0 Å². The maximum Gasteiger partial charge on any atom is 0.363 e. The Morgan fingerprint density at radius 1 is 1.42 bits per heavy atom. The summed E-state index contributed by atoms with van der Waals surface area (Å²) in [6.45, 7) is 1.84. The second-order valence-corrected chi connectivity index (χ2v) is 6.74. The summed E-state index contributed by atoms with van der Waals surface area (Å²) in [5, 5.41) is 22.2. The van der Waals surface area contributed by atoms with Crippen LogP contribution in [0.5, 0.6) is 0 Å². The first-order valence-corrected chi connectivity index (χ1v) is 8.47. The molecule has 4 aromatic rings. The van der Waals surface area contributed by atoms with Crippen LogP contribution in [0, 0.1) is 17.0 Å². The summed E-state index contributed by atoms with van der Waals surface area (Å²) < 4.78 is 8.52. The third-order valence-corrected chi connectivity index (χ3v) is 5.26. The Bertz CT molecular complexity index is 1060. The van der Waals surface area contributed by atoms with Crippen LogP contribution in [0.3, 0.4) is 0 Å². The normalized spacial score (nSPS) is 11.4. The van der Waals surface area contributed by atoms with Crippen molar-refractivity contribution in [1.29, 1.82) is 0 Å². The van der Waals surface area contributed by atoms with E-state index in [9.17, 15) is 10.1 Å². The first-order valence-electron chi connectivity index (χ1n) is 6.78. The van der Waals surface area contributed by atoms with Gasteiger partial charge in [0.25, 0.3) is 4.96 Å². The number of fused-ring (bicyclic) bond motifs is 1. The summed E-state index contributed by atoms with van der Waals surface area (Å²) in [5.41, 5.74) is 0.831. The average molecular weight is 362 g/mol. The monoisotopic (exact) mass is 362 g/mol. The fraction of sp³-hybridized carbons (Fsp3) is 0.154. The smallest absolute Gasteiger partial charge is 0.363 e. The lowest BCUT2D eigenvalue weighted by molar-refractivity contribution is -0.393. The number of aryl methyl sites for hydroxylation is 1. The number of rotatable bonds is 4. The molecule has 0 aliphatic carbocycles. The second-order valence-electron chi connectivity index (χ2n) is 4.91. The molecule has 0 fully saturated rings. The van der Waals surface area contributed by atoms with E-state index in [0.29, 0.717) is 15.9 Å². The standard InChI is InChI=1S/C13H10N6O3S2/c1-7-8(3-5-22-7)9-15-16-13(17(9)2)24-10-11(19(20)21)18-4-6-23-12(18)14-10/h3-6H,1-2H3. The van der Waals surface area contributed by atoms with Gasteiger partial charge in [0, 0.05) is 12.4 Å². The number of thiazole rings is 1. The number of hydrogen-bond acceptors (Lipinski definition) is 8. The zero-order valence-corrected chi connectivity index (χ0v) is 14.2. The van der Waals surface area contributed by atoms with Gasteiger partial charge in [0.2, 0.25) is 5.03 Å². The summed E-state index contributed by atoms with van der Waals surface area (Å²) in [7, 11) is 1.80. The van der Waals surface area contributed by atoms with Gasteiger partial charge in [-0.15, -0.1) is 10.2 Å². The highest BCUT2D eigenvalue weighted by Gasteiger charge is 2.26. The van der Waals surface area contributed by atoms with E-state index in [2.05, 4.69) is 15.2 Å². The van der Waals surface area contributed by atoms with Crippen molar-refractivity contribution in [1.82, 2.24) is 24.1 Å². The van der Waals surface area contributed by atoms with Crippen LogP contribution in [0.2, 0.25) is 0 Å². The lowest BCUT2D eigenvalue weighted by Gasteiger charge is -2.01. The summed E-state index contributed by atoms with van der Waals surface area (Å²) in [5.74, 6) is 1.29. The number of imidazole rings is 1. The van der Waals surface area contributed by atoms with E-state index in [1.165, 1.54) is 15.7 Å². The maximum absolute atomic E-state index is 11.4. The van der Waals surface area contributed by atoms with Gasteiger partial charge >= 0.3 is 5.82 Å². The molecule has 24 heavy (non-hydrogen) atoms. The fourth-order valence-electron chi connectivity index (χ4n) is 2.33. The van der Waals surface area contributed by atoms with Crippen LogP contribution >= 0.6 is 23.1 Å². The predicted molar refractivity (Wildman–Crippen MR) is 87.3 cm³/mol. The van der Waals surface area contributed by atoms with E-state index in [-0.39, 0.29) is 10.8 Å². The van der Waals surface area contributed by atoms with E-state index in [4.69, 9.17) is 4.42 Å². The van der Waals surface area contributed by atoms with Gasteiger partial charge in [0.1, 0.15) is 12.0 Å². The van der Waals surface area contributed by atoms with Gasteiger partial charge in [0.15, 0.2) is 11.0 Å². The first-order chi connectivity index (χ1) is 11.6. The minimum atomic E-state index is -0.438. The van der Waals surface area contributed by atoms with Gasteiger partial charge in [-0.3, -0.25) is 0 Å². The summed E-state index contributed by atoms with van der Waals surface area (Å²) in [6.07, 6.45) is 3.21. The maximum atomic E-state index is 11.4. The summed E-state index contributed by atoms with van der Waals surface area (Å²) in [4.78, 5) is 15.8. The molecule has 0 atom stereocenters. The molecule has 122 valence electrons. The topological polar surface area (TPSA) is 104 Å². The van der Waals surface area contributed by atoms with Crippen LogP contribution in [-0.2, 0) is 7.05 Å². The highest BCUT2D eigenvalue weighted by atomic mass is 32.2. The Morgan fingerprint density at radius 2 is 2.25 bits per heavy atom. The fourth-order valence-corrected chi connectivity index (χ4v) is 3.97. The third kappa shape index (κ3) is 2.20. The van der Waals surface area contributed by atoms with Crippen molar-refractivity contribution in [3.63, 3.8) is 0 Å². The highest BCUT2D eigenvalue weighted by molar-refractivity contribution is 7.99. The van der Waals surface area contributed by atoms with Gasteiger partial charge in [-0.1, -0.05) is 11.3 Å². The zero-order valence-electron chi connectivity index (χ0n) is 12.5. The molecule has 0 N–H and O–H groups in total. The second kappa shape index (κ2) is 5.46. The van der Waals surface area contributed by atoms with Crippen LogP contribution < -0.4 is 0 Å². The van der Waals surface area contributed by atoms with E-state index in [1.807, 2.05) is 13.0 Å². The molecular formula is C13H10N6O3S2. The van der Waals surface area contributed by atoms with Crippen molar-refractivity contribution < 1.29 is 9.34 Å². The SMILES string of the molecule is Cc1occc1-c1nnc(Sc2nc3sccn3c2[N+](=O)[O-])n1C. The minimum Gasteiger partial charge on any atom is -0.469 e. The highest BCUT2D eigenvalue weighted by Crippen LogP contribution is 2.36. The van der Waals surface area contributed by atoms with Crippen molar-refractivity contribution in [2.24, 2.45) is 7.05 Å². The number of nitrogens with zero attached hydrogens (tertiary/aromatic N) is 6. The van der Waals surface area contributed by atoms with Crippen LogP contribution in [0.1, 0.15) is 5.76 Å². The molecule has 0 unspecified atom stereocenters. The molecule has 0 radical (unpaired) electrons. The lowest BCUT2D eigenvalue weighted by Crippen LogP contribution is -1.96. The van der Waals surface area contributed by atoms with Crippen molar-refractivity contribution in [3.05, 3.63) is 39.8 Å². The van der Waals surface area contributed by atoms with Gasteiger partial charge in [-0.05, 0) is 29.7 Å². The number of furan rings is 1. The minimum absolute atomic E-state index is 0.0692. The van der Waals surface area contributed by atoms with Gasteiger partial charge in [-0.2, -0.15) is 9.38 Å². The quantitative estimate of drug-likeness (QED) is 0.405. The van der Waals surface area contributed by atoms with E-state index >= 15 is 0 Å². The van der Waals surface area contributed by atoms with E-state index in [1.54, 1.807) is 29.5 Å². The predicted octanol–water partition coefficient (Wildman–Crippen LogP) is 3.15. The van der Waals surface area contributed by atoms with Gasteiger partial charge < -0.3 is 19.1 Å². The number of hydrogen-bond donors (Lipinski definition) is 0. The lowest BCUT2D eigenvalue weighted by atomic mass is 10.2. The molecule has 0 saturated heterocycles. The van der Waals surface area contributed by atoms with Crippen LogP contribution in [0.4, 0.5) is 5.82 Å². The van der Waals surface area contributed by atoms with Crippen molar-refractivity contribution in [2.45, 2.75) is 17.1 Å². The Morgan fingerprint density at radius 3 is 2.96 bits per heavy atom. The largest absolute Gasteiger partial charge is 0.469 e. The third-order valence-electron chi connectivity index (χ3n) is 3.50. The first kappa shape index (κ1) is 14.9. The zero-order chi connectivity index (χ0) is 16.8. The Hall–Kier alpha value is -2.66. The van der Waals surface area contributed by atoms with Gasteiger partial charge in [0.05, 0.1) is 11.8 Å². The molecule has 0 saturated carbocycles. The molecule has 0 bridgehead atoms. The molecule has 0 spiro atoms.